The minimum absolute atomic E-state index is 0.0196. The first-order valence-corrected chi connectivity index (χ1v) is 11.8. The van der Waals surface area contributed by atoms with Crippen molar-refractivity contribution in [2.24, 2.45) is 0 Å². The third-order valence-electron chi connectivity index (χ3n) is 5.41. The van der Waals surface area contributed by atoms with Gasteiger partial charge < -0.3 is 9.67 Å². The fraction of sp³-hybridized carbons (Fsp3) is 0.308. The second kappa shape index (κ2) is 7.50. The molecular formula is C26H31O2P. The lowest BCUT2D eigenvalue weighted by molar-refractivity contribution is 0.479. The van der Waals surface area contributed by atoms with Crippen molar-refractivity contribution in [1.29, 1.82) is 0 Å². The van der Waals surface area contributed by atoms with E-state index < -0.39 is 7.14 Å². The molecule has 0 saturated carbocycles. The summed E-state index contributed by atoms with van der Waals surface area (Å²) in [5, 5.41) is 12.5. The maximum atomic E-state index is 14.6. The normalized spacial score (nSPS) is 12.8. The maximum Gasteiger partial charge on any atom is 0.174 e. The Bertz CT molecular complexity index is 972. The number of hydrogen-bond acceptors (Lipinski definition) is 2. The summed E-state index contributed by atoms with van der Waals surface area (Å²) in [7, 11) is -3.21. The molecule has 0 amide bonds. The van der Waals surface area contributed by atoms with Crippen LogP contribution in [0, 0.1) is 0 Å². The van der Waals surface area contributed by atoms with E-state index in [0.29, 0.717) is 5.30 Å². The van der Waals surface area contributed by atoms with Gasteiger partial charge in [0.05, 0.1) is 5.30 Å². The first-order valence-electron chi connectivity index (χ1n) is 10.0. The van der Waals surface area contributed by atoms with E-state index in [1.807, 2.05) is 54.6 Å². The predicted octanol–water partition coefficient (Wildman–Crippen LogP) is 5.63. The Morgan fingerprint density at radius 2 is 1.00 bits per heavy atom. The standard InChI is InChI=1S/C26H31O2P/c1-25(2,3)19-11-15-21(16-12-19)29(28,24-10-8-7-9-23(24)27)22-17-13-20(14-18-22)26(4,5)6/h7-18,27H,1-6H3. The summed E-state index contributed by atoms with van der Waals surface area (Å²) in [6.07, 6.45) is 0. The molecule has 0 aromatic heterocycles. The highest BCUT2D eigenvalue weighted by Gasteiger charge is 2.33. The highest BCUT2D eigenvalue weighted by molar-refractivity contribution is 7.85. The molecule has 0 atom stereocenters. The Balaban J connectivity index is 2.21. The molecule has 0 bridgehead atoms. The van der Waals surface area contributed by atoms with Gasteiger partial charge in [-0.05, 0) is 34.1 Å². The maximum absolute atomic E-state index is 14.6. The largest absolute Gasteiger partial charge is 0.507 e. The fourth-order valence-corrected chi connectivity index (χ4v) is 6.19. The predicted molar refractivity (Wildman–Crippen MR) is 125 cm³/mol. The van der Waals surface area contributed by atoms with E-state index in [9.17, 15) is 9.67 Å². The highest BCUT2D eigenvalue weighted by atomic mass is 31.2. The average molecular weight is 407 g/mol. The monoisotopic (exact) mass is 406 g/mol. The van der Waals surface area contributed by atoms with Crippen LogP contribution in [-0.4, -0.2) is 5.11 Å². The number of hydrogen-bond donors (Lipinski definition) is 1. The van der Waals surface area contributed by atoms with Crippen molar-refractivity contribution >= 4 is 23.1 Å². The minimum Gasteiger partial charge on any atom is -0.507 e. The number of phenols is 1. The van der Waals surface area contributed by atoms with Crippen LogP contribution in [0.15, 0.2) is 72.8 Å². The molecule has 3 rings (SSSR count). The lowest BCUT2D eigenvalue weighted by Crippen LogP contribution is -2.26. The third-order valence-corrected chi connectivity index (χ3v) is 8.52. The quantitative estimate of drug-likeness (QED) is 0.573. The van der Waals surface area contributed by atoms with Crippen LogP contribution in [0.2, 0.25) is 0 Å². The van der Waals surface area contributed by atoms with Crippen molar-refractivity contribution in [2.45, 2.75) is 52.4 Å². The fourth-order valence-electron chi connectivity index (χ4n) is 3.50. The summed E-state index contributed by atoms with van der Waals surface area (Å²) >= 11 is 0. The molecule has 3 aromatic rings. The summed E-state index contributed by atoms with van der Waals surface area (Å²) in [5.74, 6) is 0.0654. The second-order valence-electron chi connectivity index (χ2n) is 9.69. The van der Waals surface area contributed by atoms with Crippen LogP contribution in [0.3, 0.4) is 0 Å². The summed E-state index contributed by atoms with van der Waals surface area (Å²) in [6.45, 7) is 13.0. The molecule has 3 aromatic carbocycles. The molecule has 3 heteroatoms. The molecule has 0 aliphatic heterocycles. The summed E-state index contributed by atoms with van der Waals surface area (Å²) in [6, 6.07) is 23.0. The van der Waals surface area contributed by atoms with E-state index in [0.717, 1.165) is 10.6 Å². The third kappa shape index (κ3) is 4.19. The number of para-hydroxylation sites is 1. The number of phenolic OH excluding ortho intramolecular Hbond substituents is 1. The van der Waals surface area contributed by atoms with Crippen LogP contribution >= 0.6 is 7.14 Å². The minimum atomic E-state index is -3.21. The smallest absolute Gasteiger partial charge is 0.174 e. The summed E-state index contributed by atoms with van der Waals surface area (Å²) < 4.78 is 14.6. The van der Waals surface area contributed by atoms with Crippen LogP contribution in [0.5, 0.6) is 5.75 Å². The van der Waals surface area contributed by atoms with Crippen molar-refractivity contribution in [1.82, 2.24) is 0 Å². The number of benzene rings is 3. The highest BCUT2D eigenvalue weighted by Crippen LogP contribution is 2.45. The Morgan fingerprint density at radius 3 is 1.34 bits per heavy atom. The molecule has 0 fully saturated rings. The van der Waals surface area contributed by atoms with E-state index in [1.54, 1.807) is 18.2 Å². The van der Waals surface area contributed by atoms with Crippen LogP contribution in [0.25, 0.3) is 0 Å². The SMILES string of the molecule is CC(C)(C)c1ccc(P(=O)(c2ccc(C(C)(C)C)cc2)c2ccccc2O)cc1. The average Bonchev–Trinajstić information content (AvgIpc) is 2.67. The molecule has 0 aliphatic carbocycles. The first-order chi connectivity index (χ1) is 13.4. The lowest BCUT2D eigenvalue weighted by atomic mass is 9.87. The van der Waals surface area contributed by atoms with Gasteiger partial charge >= 0.3 is 0 Å². The molecule has 0 saturated heterocycles. The zero-order valence-corrected chi connectivity index (χ0v) is 19.1. The zero-order valence-electron chi connectivity index (χ0n) is 18.2. The Hall–Kier alpha value is -2.31. The molecule has 0 spiro atoms. The van der Waals surface area contributed by atoms with Gasteiger partial charge in [-0.2, -0.15) is 0 Å². The molecule has 0 unspecified atom stereocenters. The van der Waals surface area contributed by atoms with Crippen molar-refractivity contribution < 1.29 is 9.67 Å². The van der Waals surface area contributed by atoms with Crippen LogP contribution in [0.1, 0.15) is 52.7 Å². The lowest BCUT2D eigenvalue weighted by Gasteiger charge is -2.24. The van der Waals surface area contributed by atoms with Gasteiger partial charge in [0.1, 0.15) is 5.75 Å². The van der Waals surface area contributed by atoms with Gasteiger partial charge in [0.2, 0.25) is 0 Å². The zero-order chi connectivity index (χ0) is 21.4. The van der Waals surface area contributed by atoms with Crippen LogP contribution < -0.4 is 15.9 Å². The van der Waals surface area contributed by atoms with Crippen molar-refractivity contribution in [3.63, 3.8) is 0 Å². The Kier molecular flexibility index (Phi) is 5.54. The van der Waals surface area contributed by atoms with E-state index >= 15 is 0 Å². The molecule has 0 heterocycles. The topological polar surface area (TPSA) is 37.3 Å². The van der Waals surface area contributed by atoms with Gasteiger partial charge in [-0.1, -0.05) is 102 Å². The van der Waals surface area contributed by atoms with Gasteiger partial charge in [-0.15, -0.1) is 0 Å². The number of aromatic hydroxyl groups is 1. The Morgan fingerprint density at radius 1 is 0.621 bits per heavy atom. The van der Waals surface area contributed by atoms with Crippen LogP contribution in [0.4, 0.5) is 0 Å². The molecule has 0 aliphatic rings. The molecule has 1 N–H and O–H groups in total. The van der Waals surface area contributed by atoms with Crippen LogP contribution in [-0.2, 0) is 15.4 Å². The van der Waals surface area contributed by atoms with Gasteiger partial charge in [0, 0.05) is 10.6 Å². The van der Waals surface area contributed by atoms with Gasteiger partial charge in [-0.3, -0.25) is 0 Å². The van der Waals surface area contributed by atoms with Crippen molar-refractivity contribution in [3.05, 3.63) is 83.9 Å². The van der Waals surface area contributed by atoms with Gasteiger partial charge in [0.25, 0.3) is 0 Å². The first kappa shape index (κ1) is 21.4. The van der Waals surface area contributed by atoms with Gasteiger partial charge in [0.15, 0.2) is 7.14 Å². The van der Waals surface area contributed by atoms with Crippen molar-refractivity contribution in [3.8, 4) is 5.75 Å². The van der Waals surface area contributed by atoms with E-state index in [1.165, 1.54) is 11.1 Å². The van der Waals surface area contributed by atoms with E-state index in [-0.39, 0.29) is 16.6 Å². The molecule has 29 heavy (non-hydrogen) atoms. The summed E-state index contributed by atoms with van der Waals surface area (Å²) in [4.78, 5) is 0. The second-order valence-corrected chi connectivity index (χ2v) is 12.4. The number of rotatable bonds is 3. The Labute approximate surface area is 175 Å². The molecule has 152 valence electrons. The summed E-state index contributed by atoms with van der Waals surface area (Å²) in [5.41, 5.74) is 2.42. The van der Waals surface area contributed by atoms with Gasteiger partial charge in [-0.25, -0.2) is 0 Å². The van der Waals surface area contributed by atoms with E-state index in [4.69, 9.17) is 0 Å². The molecular weight excluding hydrogens is 375 g/mol. The van der Waals surface area contributed by atoms with Crippen molar-refractivity contribution in [2.75, 3.05) is 0 Å². The molecule has 0 radical (unpaired) electrons. The molecule has 2 nitrogen and oxygen atoms in total. The van der Waals surface area contributed by atoms with E-state index in [2.05, 4.69) is 41.5 Å².